The van der Waals surface area contributed by atoms with Crippen molar-refractivity contribution in [1.82, 2.24) is 0 Å². The summed E-state index contributed by atoms with van der Waals surface area (Å²) in [4.78, 5) is 24.7. The highest BCUT2D eigenvalue weighted by atomic mass is 79.9. The van der Waals surface area contributed by atoms with Gasteiger partial charge in [0.05, 0.1) is 5.41 Å². The summed E-state index contributed by atoms with van der Waals surface area (Å²) in [5.74, 6) is -1.81. The fraction of sp³-hybridized carbons (Fsp3) is 0.579. The fourth-order valence-electron chi connectivity index (χ4n) is 5.47. The van der Waals surface area contributed by atoms with Gasteiger partial charge in [-0.3, -0.25) is 9.59 Å². The van der Waals surface area contributed by atoms with Gasteiger partial charge in [0.25, 0.3) is 5.91 Å². The molecule has 0 radical (unpaired) electrons. The molecular weight excluding hydrogens is 408 g/mol. The van der Waals surface area contributed by atoms with E-state index in [2.05, 4.69) is 21.2 Å². The molecule has 4 atom stereocenters. The number of benzene rings is 1. The molecule has 1 amide bonds. The molecule has 4 bridgehead atoms. The quantitative estimate of drug-likeness (QED) is 0.579. The molecule has 4 aliphatic carbocycles. The topological polar surface area (TPSA) is 55.4 Å². The van der Waals surface area contributed by atoms with Gasteiger partial charge in [-0.25, -0.2) is 8.78 Å². The average Bonchev–Trinajstić information content (AvgIpc) is 2.54. The van der Waals surface area contributed by atoms with Crippen LogP contribution >= 0.6 is 15.9 Å². The van der Waals surface area contributed by atoms with E-state index in [1.165, 1.54) is 6.07 Å². The molecule has 4 nitrogen and oxygen atoms in total. The minimum absolute atomic E-state index is 0.00859. The van der Waals surface area contributed by atoms with Crippen molar-refractivity contribution >= 4 is 33.5 Å². The van der Waals surface area contributed by atoms with E-state index in [9.17, 15) is 18.4 Å². The first-order valence-corrected chi connectivity index (χ1v) is 9.68. The third kappa shape index (κ3) is 3.15. The zero-order chi connectivity index (χ0) is 18.5. The number of esters is 1. The van der Waals surface area contributed by atoms with Gasteiger partial charge in [-0.1, -0.05) is 22.0 Å². The summed E-state index contributed by atoms with van der Waals surface area (Å²) in [6, 6.07) is 3.31. The Balaban J connectivity index is 1.39. The Labute approximate surface area is 158 Å². The normalized spacial score (nSPS) is 34.6. The van der Waals surface area contributed by atoms with Crippen molar-refractivity contribution in [3.05, 3.63) is 29.8 Å². The smallest absolute Gasteiger partial charge is 0.312 e. The first kappa shape index (κ1) is 17.9. The first-order chi connectivity index (χ1) is 12.3. The molecule has 0 saturated heterocycles. The number of alkyl halides is 1. The molecule has 7 heteroatoms. The molecular formula is C19H20BrF2NO3. The molecule has 1 aromatic rings. The zero-order valence-corrected chi connectivity index (χ0v) is 15.8. The van der Waals surface area contributed by atoms with Crippen LogP contribution in [0.4, 0.5) is 14.5 Å². The lowest BCUT2D eigenvalue weighted by Gasteiger charge is -2.58. The number of nitrogens with one attached hydrogen (secondary N) is 1. The van der Waals surface area contributed by atoms with Crippen LogP contribution < -0.4 is 5.32 Å². The Morgan fingerprint density at radius 2 is 1.77 bits per heavy atom. The molecule has 0 aliphatic heterocycles. The van der Waals surface area contributed by atoms with Crippen LogP contribution in [-0.2, 0) is 14.3 Å². The average molecular weight is 428 g/mol. The molecule has 1 N–H and O–H groups in total. The third-order valence-corrected chi connectivity index (χ3v) is 6.91. The van der Waals surface area contributed by atoms with Crippen LogP contribution in [0.25, 0.3) is 0 Å². The Kier molecular flexibility index (Phi) is 4.33. The summed E-state index contributed by atoms with van der Waals surface area (Å²) in [7, 11) is 0. The van der Waals surface area contributed by atoms with E-state index in [-0.39, 0.29) is 10.3 Å². The van der Waals surface area contributed by atoms with Gasteiger partial charge < -0.3 is 10.1 Å². The van der Waals surface area contributed by atoms with Gasteiger partial charge in [0.1, 0.15) is 17.3 Å². The molecule has 4 saturated carbocycles. The van der Waals surface area contributed by atoms with Gasteiger partial charge in [0.15, 0.2) is 6.61 Å². The van der Waals surface area contributed by atoms with E-state index in [0.717, 1.165) is 50.7 Å². The van der Waals surface area contributed by atoms with Crippen molar-refractivity contribution in [2.75, 3.05) is 11.9 Å². The highest BCUT2D eigenvalue weighted by Gasteiger charge is 2.60. The number of amides is 1. The minimum atomic E-state index is -0.869. The monoisotopic (exact) mass is 427 g/mol. The van der Waals surface area contributed by atoms with E-state index >= 15 is 0 Å². The van der Waals surface area contributed by atoms with Gasteiger partial charge >= 0.3 is 5.97 Å². The lowest BCUT2D eigenvalue weighted by molar-refractivity contribution is -0.170. The van der Waals surface area contributed by atoms with Crippen molar-refractivity contribution in [1.29, 1.82) is 0 Å². The van der Waals surface area contributed by atoms with Gasteiger partial charge in [-0.05, 0) is 62.5 Å². The number of carbonyl (C=O) groups is 2. The summed E-state index contributed by atoms with van der Waals surface area (Å²) in [5, 5.41) is 2.14. The van der Waals surface area contributed by atoms with Crippen LogP contribution in [0.5, 0.6) is 0 Å². The minimum Gasteiger partial charge on any atom is -0.455 e. The van der Waals surface area contributed by atoms with E-state index < -0.39 is 35.3 Å². The third-order valence-electron chi connectivity index (χ3n) is 5.98. The predicted octanol–water partition coefficient (Wildman–Crippen LogP) is 4.18. The molecule has 5 rings (SSSR count). The Hall–Kier alpha value is -1.50. The Bertz CT molecular complexity index is 735. The number of rotatable bonds is 4. The number of hydrogen-bond donors (Lipinski definition) is 1. The van der Waals surface area contributed by atoms with Crippen LogP contribution in [0.1, 0.15) is 38.5 Å². The first-order valence-electron chi connectivity index (χ1n) is 8.89. The standard InChI is InChI=1S/C19H20BrF2NO3/c20-19-7-11-4-12(8-19)6-18(5-11,10-19)17(25)26-9-15(24)23-16-13(21)2-1-3-14(16)22/h1-3,11-12H,4-10H2,(H,23,24)/t11-,12+,18?,19?. The summed E-state index contributed by atoms with van der Waals surface area (Å²) in [6.07, 6.45) is 5.68. The number of halogens is 3. The second-order valence-corrected chi connectivity index (χ2v) is 9.80. The van der Waals surface area contributed by atoms with Crippen molar-refractivity contribution in [3.8, 4) is 0 Å². The van der Waals surface area contributed by atoms with E-state index in [0.29, 0.717) is 11.8 Å². The number of anilines is 1. The van der Waals surface area contributed by atoms with Crippen molar-refractivity contribution in [2.24, 2.45) is 17.3 Å². The summed E-state index contributed by atoms with van der Waals surface area (Å²) in [6.45, 7) is -0.543. The van der Waals surface area contributed by atoms with Gasteiger partial charge in [0.2, 0.25) is 0 Å². The molecule has 0 spiro atoms. The number of carbonyl (C=O) groups excluding carboxylic acids is 2. The molecule has 0 aromatic heterocycles. The van der Waals surface area contributed by atoms with Crippen LogP contribution in [0, 0.1) is 28.9 Å². The zero-order valence-electron chi connectivity index (χ0n) is 14.2. The number of para-hydroxylation sites is 1. The predicted molar refractivity (Wildman–Crippen MR) is 94.7 cm³/mol. The second-order valence-electron chi connectivity index (χ2n) is 8.11. The summed E-state index contributed by atoms with van der Waals surface area (Å²) >= 11 is 3.83. The second kappa shape index (κ2) is 6.29. The van der Waals surface area contributed by atoms with E-state index in [4.69, 9.17) is 4.74 Å². The molecule has 26 heavy (non-hydrogen) atoms. The van der Waals surface area contributed by atoms with Crippen LogP contribution in [0.3, 0.4) is 0 Å². The largest absolute Gasteiger partial charge is 0.455 e. The Morgan fingerprint density at radius 3 is 2.35 bits per heavy atom. The SMILES string of the molecule is O=C(COC(=O)C12C[C@@H]3C[C@@H](CC(Br)(C3)C1)C2)Nc1c(F)cccc1F. The van der Waals surface area contributed by atoms with E-state index in [1.54, 1.807) is 0 Å². The number of ether oxygens (including phenoxy) is 1. The number of hydrogen-bond acceptors (Lipinski definition) is 3. The van der Waals surface area contributed by atoms with Crippen LogP contribution in [0.2, 0.25) is 0 Å². The molecule has 4 aliphatic rings. The molecule has 2 unspecified atom stereocenters. The lowest BCUT2D eigenvalue weighted by Crippen LogP contribution is -2.56. The van der Waals surface area contributed by atoms with Gasteiger partial charge in [-0.15, -0.1) is 0 Å². The Morgan fingerprint density at radius 1 is 1.15 bits per heavy atom. The maximum Gasteiger partial charge on any atom is 0.312 e. The summed E-state index contributed by atoms with van der Waals surface area (Å²) in [5.41, 5.74) is -1.06. The van der Waals surface area contributed by atoms with Gasteiger partial charge in [-0.2, -0.15) is 0 Å². The summed E-state index contributed by atoms with van der Waals surface area (Å²) < 4.78 is 32.5. The lowest BCUT2D eigenvalue weighted by atomic mass is 9.49. The highest BCUT2D eigenvalue weighted by molar-refractivity contribution is 9.10. The fourth-order valence-corrected chi connectivity index (χ4v) is 6.92. The van der Waals surface area contributed by atoms with Crippen LogP contribution in [0.15, 0.2) is 18.2 Å². The van der Waals surface area contributed by atoms with Crippen molar-refractivity contribution in [3.63, 3.8) is 0 Å². The van der Waals surface area contributed by atoms with Crippen LogP contribution in [-0.4, -0.2) is 22.8 Å². The maximum atomic E-state index is 13.6. The highest BCUT2D eigenvalue weighted by Crippen LogP contribution is 2.64. The van der Waals surface area contributed by atoms with E-state index in [1.807, 2.05) is 0 Å². The molecule has 0 heterocycles. The maximum absolute atomic E-state index is 13.6. The van der Waals surface area contributed by atoms with Crippen molar-refractivity contribution in [2.45, 2.75) is 42.8 Å². The van der Waals surface area contributed by atoms with Gasteiger partial charge in [0, 0.05) is 4.32 Å². The molecule has 140 valence electrons. The van der Waals surface area contributed by atoms with Crippen molar-refractivity contribution < 1.29 is 23.1 Å². The molecule has 4 fully saturated rings. The molecule has 1 aromatic carbocycles.